The molecule has 0 aromatic heterocycles. The van der Waals surface area contributed by atoms with Gasteiger partial charge in [-0.05, 0) is 55.0 Å². The van der Waals surface area contributed by atoms with Gasteiger partial charge in [-0.2, -0.15) is 0 Å². The zero-order valence-electron chi connectivity index (χ0n) is 19.5. The molecule has 33 heavy (non-hydrogen) atoms. The topological polar surface area (TPSA) is 20.3 Å². The molecule has 3 heteroatoms. The molecule has 1 fully saturated rings. The Labute approximate surface area is 197 Å². The number of nitrogens with zero attached hydrogens (tertiary/aromatic N) is 2. The summed E-state index contributed by atoms with van der Waals surface area (Å²) in [7, 11) is 0. The van der Waals surface area contributed by atoms with Crippen LogP contribution in [0.15, 0.2) is 84.9 Å². The van der Waals surface area contributed by atoms with Crippen LogP contribution in [0.5, 0.6) is 0 Å². The Morgan fingerprint density at radius 3 is 2.33 bits per heavy atom. The molecule has 0 unspecified atom stereocenters. The first kappa shape index (κ1) is 21.7. The van der Waals surface area contributed by atoms with Crippen molar-refractivity contribution in [1.29, 1.82) is 0 Å². The first-order chi connectivity index (χ1) is 16.2. The molecule has 3 aromatic rings. The van der Waals surface area contributed by atoms with Crippen molar-refractivity contribution in [2.75, 3.05) is 24.5 Å². The van der Waals surface area contributed by atoms with Crippen LogP contribution in [0.4, 0.5) is 5.69 Å². The summed E-state index contributed by atoms with van der Waals surface area (Å²) < 4.78 is 0.850. The molecule has 1 amide bonds. The Morgan fingerprint density at radius 2 is 1.55 bits per heavy atom. The average molecular weight is 438 g/mol. The number of likely N-dealkylation sites (tertiary alicyclic amines) is 1. The molecular weight excluding hydrogens is 404 g/mol. The van der Waals surface area contributed by atoms with E-state index in [1.165, 1.54) is 36.0 Å². The number of rotatable bonds is 5. The molecule has 0 saturated carbocycles. The second kappa shape index (κ2) is 9.36. The number of hydrogen-bond donors (Lipinski definition) is 0. The third kappa shape index (κ3) is 4.26. The van der Waals surface area contributed by atoms with Crippen molar-refractivity contribution in [2.45, 2.75) is 38.8 Å². The number of carbonyl (C=O) groups excluding carboxylic acids is 1. The fraction of sp³-hybridized carbons (Fsp3) is 0.300. The molecule has 0 radical (unpaired) electrons. The minimum absolute atomic E-state index is 0.0796. The Morgan fingerprint density at radius 1 is 0.879 bits per heavy atom. The lowest BCUT2D eigenvalue weighted by molar-refractivity contribution is -0.939. The molecule has 0 aliphatic carbocycles. The predicted molar refractivity (Wildman–Crippen MR) is 137 cm³/mol. The Kier molecular flexibility index (Phi) is 6.15. The van der Waals surface area contributed by atoms with Gasteiger partial charge in [0.05, 0.1) is 31.9 Å². The lowest BCUT2D eigenvalue weighted by Gasteiger charge is -2.46. The zero-order valence-corrected chi connectivity index (χ0v) is 19.5. The highest BCUT2D eigenvalue weighted by molar-refractivity contribution is 6.02. The number of fused-ring (bicyclic) bond motifs is 3. The van der Waals surface area contributed by atoms with E-state index in [0.29, 0.717) is 6.54 Å². The summed E-state index contributed by atoms with van der Waals surface area (Å²) in [6.45, 7) is 5.84. The molecule has 2 aliphatic rings. The van der Waals surface area contributed by atoms with Gasteiger partial charge >= 0.3 is 0 Å². The van der Waals surface area contributed by atoms with Crippen LogP contribution in [-0.2, 0) is 11.3 Å². The number of anilines is 1. The van der Waals surface area contributed by atoms with Crippen LogP contribution in [-0.4, -0.2) is 36.1 Å². The first-order valence-corrected chi connectivity index (χ1v) is 12.2. The summed E-state index contributed by atoms with van der Waals surface area (Å²) in [5.41, 5.74) is 5.90. The first-order valence-electron chi connectivity index (χ1n) is 12.2. The van der Waals surface area contributed by atoms with Crippen molar-refractivity contribution in [2.24, 2.45) is 0 Å². The van der Waals surface area contributed by atoms with E-state index < -0.39 is 0 Å². The summed E-state index contributed by atoms with van der Waals surface area (Å²) in [6.07, 6.45) is 8.14. The maximum Gasteiger partial charge on any atom is 0.285 e. The number of quaternary nitrogens is 1. The number of benzene rings is 3. The Bertz CT molecular complexity index is 1140. The fourth-order valence-electron chi connectivity index (χ4n) is 5.60. The van der Waals surface area contributed by atoms with E-state index >= 15 is 0 Å². The molecule has 168 valence electrons. The van der Waals surface area contributed by atoms with Crippen molar-refractivity contribution in [3.05, 3.63) is 96.1 Å². The maximum absolute atomic E-state index is 14.1. The normalized spacial score (nSPS) is 17.9. The largest absolute Gasteiger partial charge is 0.310 e. The minimum atomic E-state index is -0.0796. The van der Waals surface area contributed by atoms with Gasteiger partial charge in [-0.3, -0.25) is 4.79 Å². The van der Waals surface area contributed by atoms with Gasteiger partial charge in [-0.1, -0.05) is 78.9 Å². The van der Waals surface area contributed by atoms with Gasteiger partial charge in [0, 0.05) is 5.56 Å². The van der Waals surface area contributed by atoms with E-state index in [4.69, 9.17) is 0 Å². The van der Waals surface area contributed by atoms with Crippen molar-refractivity contribution in [1.82, 2.24) is 0 Å². The van der Waals surface area contributed by atoms with Crippen molar-refractivity contribution in [3.8, 4) is 11.1 Å². The van der Waals surface area contributed by atoms with Gasteiger partial charge in [0.2, 0.25) is 0 Å². The highest BCUT2D eigenvalue weighted by Crippen LogP contribution is 2.39. The Balaban J connectivity index is 1.43. The zero-order chi connectivity index (χ0) is 22.7. The summed E-state index contributed by atoms with van der Waals surface area (Å²) in [5.74, 6) is 0.243. The molecule has 0 N–H and O–H groups in total. The van der Waals surface area contributed by atoms with Crippen LogP contribution in [0.2, 0.25) is 0 Å². The van der Waals surface area contributed by atoms with Crippen LogP contribution < -0.4 is 4.90 Å². The molecule has 1 saturated heterocycles. The fourth-order valence-corrected chi connectivity index (χ4v) is 5.60. The SMILES string of the molecule is C[C@@H](C(=O)N1Cc2ccccc2-c2ccccc21)[N+]1(C/C=C/c2ccccc2)CCCCC1. The third-order valence-corrected chi connectivity index (χ3v) is 7.56. The lowest BCUT2D eigenvalue weighted by Crippen LogP contribution is -2.62. The molecule has 2 heterocycles. The molecule has 5 rings (SSSR count). The highest BCUT2D eigenvalue weighted by Gasteiger charge is 2.42. The van der Waals surface area contributed by atoms with E-state index in [1.807, 2.05) is 17.0 Å². The second-order valence-corrected chi connectivity index (χ2v) is 9.50. The molecule has 1 atom stereocenters. The number of piperidine rings is 1. The molecule has 0 bridgehead atoms. The van der Waals surface area contributed by atoms with E-state index in [2.05, 4.69) is 85.8 Å². The van der Waals surface area contributed by atoms with Crippen molar-refractivity contribution in [3.63, 3.8) is 0 Å². The molecule has 0 spiro atoms. The quantitative estimate of drug-likeness (QED) is 0.429. The van der Waals surface area contributed by atoms with Gasteiger partial charge < -0.3 is 9.38 Å². The van der Waals surface area contributed by atoms with E-state index in [1.54, 1.807) is 0 Å². The van der Waals surface area contributed by atoms with E-state index in [9.17, 15) is 4.79 Å². The van der Waals surface area contributed by atoms with E-state index in [0.717, 1.165) is 35.4 Å². The average Bonchev–Trinajstić information content (AvgIpc) is 2.88. The summed E-state index contributed by atoms with van der Waals surface area (Å²) in [4.78, 5) is 16.1. The predicted octanol–water partition coefficient (Wildman–Crippen LogP) is 6.30. The monoisotopic (exact) mass is 437 g/mol. The van der Waals surface area contributed by atoms with Gasteiger partial charge in [-0.25, -0.2) is 0 Å². The highest BCUT2D eigenvalue weighted by atomic mass is 16.2. The van der Waals surface area contributed by atoms with Gasteiger partial charge in [0.25, 0.3) is 5.91 Å². The summed E-state index contributed by atoms with van der Waals surface area (Å²) in [5, 5.41) is 0. The minimum Gasteiger partial charge on any atom is -0.310 e. The number of hydrogen-bond acceptors (Lipinski definition) is 1. The standard InChI is InChI=1S/C30H33N2O/c1-24(32(20-10-3-11-21-32)22-12-15-25-13-4-2-5-14-25)30(33)31-23-26-16-6-7-17-27(26)28-18-8-9-19-29(28)31/h2,4-9,12-19,24H,3,10-11,20-23H2,1H3/q+1/b15-12+/t24-/m0/s1. The summed E-state index contributed by atoms with van der Waals surface area (Å²) in [6, 6.07) is 27.2. The van der Waals surface area contributed by atoms with Crippen LogP contribution in [0.1, 0.15) is 37.3 Å². The smallest absolute Gasteiger partial charge is 0.285 e. The van der Waals surface area contributed by atoms with Crippen LogP contribution in [0.3, 0.4) is 0 Å². The molecule has 3 nitrogen and oxygen atoms in total. The van der Waals surface area contributed by atoms with Gasteiger partial charge in [0.15, 0.2) is 6.04 Å². The molecule has 2 aliphatic heterocycles. The van der Waals surface area contributed by atoms with Crippen LogP contribution >= 0.6 is 0 Å². The van der Waals surface area contributed by atoms with Crippen molar-refractivity contribution >= 4 is 17.7 Å². The lowest BCUT2D eigenvalue weighted by atomic mass is 9.92. The number of amides is 1. The van der Waals surface area contributed by atoms with E-state index in [-0.39, 0.29) is 11.9 Å². The second-order valence-electron chi connectivity index (χ2n) is 9.50. The third-order valence-electron chi connectivity index (χ3n) is 7.56. The van der Waals surface area contributed by atoms with Gasteiger partial charge in [0.1, 0.15) is 0 Å². The summed E-state index contributed by atoms with van der Waals surface area (Å²) >= 11 is 0. The molecule has 3 aromatic carbocycles. The number of carbonyl (C=O) groups is 1. The van der Waals surface area contributed by atoms with Crippen molar-refractivity contribution < 1.29 is 9.28 Å². The van der Waals surface area contributed by atoms with Crippen LogP contribution in [0, 0.1) is 0 Å². The Hall–Kier alpha value is -3.17. The van der Waals surface area contributed by atoms with Gasteiger partial charge in [-0.15, -0.1) is 0 Å². The molecular formula is C30H33N2O+. The maximum atomic E-state index is 14.1. The number of para-hydroxylation sites is 1. The van der Waals surface area contributed by atoms with Crippen LogP contribution in [0.25, 0.3) is 17.2 Å².